The number of aliphatic carboxylic acids is 1. The Bertz CT molecular complexity index is 1070. The minimum atomic E-state index is -4.76. The Labute approximate surface area is 314 Å². The van der Waals surface area contributed by atoms with E-state index in [1.165, 1.54) is 64.2 Å². The van der Waals surface area contributed by atoms with Crippen molar-refractivity contribution in [2.45, 2.75) is 167 Å². The molecule has 0 saturated heterocycles. The van der Waals surface area contributed by atoms with Gasteiger partial charge < -0.3 is 25.2 Å². The van der Waals surface area contributed by atoms with Crippen LogP contribution in [0.3, 0.4) is 0 Å². The first kappa shape index (κ1) is 49.4. The number of carboxylic acids is 1. The summed E-state index contributed by atoms with van der Waals surface area (Å²) in [6.07, 6.45) is 37.2. The minimum Gasteiger partial charge on any atom is -0.480 e. The van der Waals surface area contributed by atoms with Crippen molar-refractivity contribution in [1.29, 1.82) is 0 Å². The minimum absolute atomic E-state index is 0.142. The van der Waals surface area contributed by atoms with Gasteiger partial charge in [-0.2, -0.15) is 0 Å². The fraction of sp³-hybridized carbons (Fsp3) is 0.725. The first-order valence-corrected chi connectivity index (χ1v) is 21.2. The van der Waals surface area contributed by atoms with Crippen LogP contribution in [-0.2, 0) is 32.7 Å². The smallest absolute Gasteiger partial charge is 0.472 e. The van der Waals surface area contributed by atoms with Gasteiger partial charge >= 0.3 is 19.8 Å². The first-order chi connectivity index (χ1) is 25.1. The number of aliphatic hydroxyl groups is 1. The van der Waals surface area contributed by atoms with Crippen LogP contribution in [0.25, 0.3) is 0 Å². The molecule has 300 valence electrons. The number of phosphoric acid groups is 1. The first-order valence-electron chi connectivity index (χ1n) is 19.7. The van der Waals surface area contributed by atoms with Crippen LogP contribution in [0.2, 0.25) is 0 Å². The Morgan fingerprint density at radius 3 is 1.62 bits per heavy atom. The molecule has 0 rings (SSSR count). The van der Waals surface area contributed by atoms with Gasteiger partial charge in [0.05, 0.1) is 13.2 Å². The van der Waals surface area contributed by atoms with E-state index in [1.54, 1.807) is 0 Å². The van der Waals surface area contributed by atoms with Crippen molar-refractivity contribution in [3.8, 4) is 0 Å². The third-order valence-electron chi connectivity index (χ3n) is 8.12. The van der Waals surface area contributed by atoms with E-state index in [2.05, 4.69) is 55.6 Å². The van der Waals surface area contributed by atoms with E-state index in [9.17, 15) is 34.1 Å². The quantitative estimate of drug-likeness (QED) is 0.0209. The summed E-state index contributed by atoms with van der Waals surface area (Å²) >= 11 is 0. The number of rotatable bonds is 36. The zero-order chi connectivity index (χ0) is 38.5. The molecule has 11 nitrogen and oxygen atoms in total. The standard InChI is InChI=1S/C40H70NO10P/c1-3-5-7-9-11-13-15-16-17-18-19-20-22-24-26-28-30-32-39(44)49-33-36(42)34-50-52(47,48)51-35-37(40(45)46)41-38(43)31-29-27-25-23-21-14-12-10-8-6-4-2/h11,13,16-17,19-20,24,26,36-37,42H,3-10,12,14-15,18,21-23,25,27-35H2,1-2H3,(H,41,43)(H,45,46)(H,47,48)/b13-11-,17-16-,20-19-,26-24-. The van der Waals surface area contributed by atoms with Crippen LogP contribution < -0.4 is 5.32 Å². The molecule has 0 aromatic carbocycles. The molecule has 0 saturated carbocycles. The molecule has 3 unspecified atom stereocenters. The molecule has 0 aromatic rings. The van der Waals surface area contributed by atoms with Crippen molar-refractivity contribution < 1.29 is 47.8 Å². The summed E-state index contributed by atoms with van der Waals surface area (Å²) in [5.41, 5.74) is 0. The van der Waals surface area contributed by atoms with Crippen LogP contribution in [0.1, 0.15) is 155 Å². The summed E-state index contributed by atoms with van der Waals surface area (Å²) in [5, 5.41) is 21.7. The maximum absolute atomic E-state index is 12.2. The number of carbonyl (C=O) groups is 3. The van der Waals surface area contributed by atoms with Crippen molar-refractivity contribution in [2.24, 2.45) is 0 Å². The van der Waals surface area contributed by atoms with Crippen LogP contribution in [0.15, 0.2) is 48.6 Å². The molecule has 12 heteroatoms. The number of esters is 1. The molecule has 4 N–H and O–H groups in total. The molecule has 0 heterocycles. The lowest BCUT2D eigenvalue weighted by molar-refractivity contribution is -0.147. The number of unbranched alkanes of at least 4 members (excludes halogenated alkanes) is 14. The molecule has 0 bridgehead atoms. The van der Waals surface area contributed by atoms with Gasteiger partial charge in [-0.25, -0.2) is 9.36 Å². The molecule has 0 spiro atoms. The number of hydrogen-bond donors (Lipinski definition) is 4. The molecule has 0 aromatic heterocycles. The molecule has 52 heavy (non-hydrogen) atoms. The summed E-state index contributed by atoms with van der Waals surface area (Å²) < 4.78 is 26.7. The molecule has 3 atom stereocenters. The highest BCUT2D eigenvalue weighted by Gasteiger charge is 2.28. The van der Waals surface area contributed by atoms with E-state index in [-0.39, 0.29) is 12.8 Å². The van der Waals surface area contributed by atoms with Crippen LogP contribution in [0, 0.1) is 0 Å². The number of nitrogens with one attached hydrogen (secondary N) is 1. The zero-order valence-corrected chi connectivity index (χ0v) is 33.0. The Kier molecular flexibility index (Phi) is 33.7. The molecule has 0 aliphatic rings. The third kappa shape index (κ3) is 34.5. The Balaban J connectivity index is 4.03. The number of carbonyl (C=O) groups excluding carboxylic acids is 2. The van der Waals surface area contributed by atoms with E-state index >= 15 is 0 Å². The zero-order valence-electron chi connectivity index (χ0n) is 32.1. The number of ether oxygens (including phenoxy) is 1. The normalized spacial score (nSPS) is 14.4. The number of hydrogen-bond acceptors (Lipinski definition) is 8. The van der Waals surface area contributed by atoms with Crippen molar-refractivity contribution in [1.82, 2.24) is 5.32 Å². The van der Waals surface area contributed by atoms with E-state index in [0.717, 1.165) is 44.9 Å². The molecular weight excluding hydrogens is 685 g/mol. The number of amides is 1. The second-order valence-electron chi connectivity index (χ2n) is 13.1. The van der Waals surface area contributed by atoms with E-state index in [4.69, 9.17) is 13.8 Å². The second-order valence-corrected chi connectivity index (χ2v) is 14.6. The van der Waals surface area contributed by atoms with Crippen molar-refractivity contribution in [2.75, 3.05) is 19.8 Å². The summed E-state index contributed by atoms with van der Waals surface area (Å²) in [7, 11) is -4.76. The summed E-state index contributed by atoms with van der Waals surface area (Å²) in [6.45, 7) is 2.47. The molecule has 0 aliphatic heterocycles. The molecule has 0 radical (unpaired) electrons. The van der Waals surface area contributed by atoms with Gasteiger partial charge in [0.1, 0.15) is 12.7 Å². The third-order valence-corrected chi connectivity index (χ3v) is 9.07. The lowest BCUT2D eigenvalue weighted by atomic mass is 10.1. The van der Waals surface area contributed by atoms with Crippen LogP contribution in [0.5, 0.6) is 0 Å². The van der Waals surface area contributed by atoms with Gasteiger partial charge in [0, 0.05) is 12.8 Å². The predicted octanol–water partition coefficient (Wildman–Crippen LogP) is 9.44. The fourth-order valence-corrected chi connectivity index (χ4v) is 5.78. The van der Waals surface area contributed by atoms with Crippen molar-refractivity contribution >= 4 is 25.7 Å². The van der Waals surface area contributed by atoms with Crippen LogP contribution in [0.4, 0.5) is 0 Å². The molecule has 1 amide bonds. The van der Waals surface area contributed by atoms with Gasteiger partial charge in [0.2, 0.25) is 5.91 Å². The maximum Gasteiger partial charge on any atom is 0.472 e. The number of aliphatic hydroxyl groups excluding tert-OH is 1. The highest BCUT2D eigenvalue weighted by Crippen LogP contribution is 2.43. The van der Waals surface area contributed by atoms with E-state index in [1.807, 2.05) is 12.2 Å². The van der Waals surface area contributed by atoms with Gasteiger partial charge in [0.15, 0.2) is 6.04 Å². The number of phosphoric ester groups is 1. The summed E-state index contributed by atoms with van der Waals surface area (Å²) in [5.74, 6) is -2.44. The van der Waals surface area contributed by atoms with Gasteiger partial charge in [0.25, 0.3) is 0 Å². The van der Waals surface area contributed by atoms with Gasteiger partial charge in [-0.3, -0.25) is 18.6 Å². The summed E-state index contributed by atoms with van der Waals surface area (Å²) in [4.78, 5) is 45.7. The fourth-order valence-electron chi connectivity index (χ4n) is 5.01. The lowest BCUT2D eigenvalue weighted by Gasteiger charge is -2.18. The SMILES string of the molecule is CCCCC/C=C\C/C=C\C/C=C\C/C=C\CCCC(=O)OCC(O)COP(=O)(O)OCC(NC(=O)CCCCCCCCCCCCC)C(=O)O. The van der Waals surface area contributed by atoms with Gasteiger partial charge in [-0.1, -0.05) is 140 Å². The number of allylic oxidation sites excluding steroid dienone is 8. The average Bonchev–Trinajstić information content (AvgIpc) is 3.11. The van der Waals surface area contributed by atoms with E-state index in [0.29, 0.717) is 19.3 Å². The maximum atomic E-state index is 12.2. The van der Waals surface area contributed by atoms with Crippen molar-refractivity contribution in [3.63, 3.8) is 0 Å². The highest BCUT2D eigenvalue weighted by molar-refractivity contribution is 7.47. The molecule has 0 fully saturated rings. The monoisotopic (exact) mass is 755 g/mol. The summed E-state index contributed by atoms with van der Waals surface area (Å²) in [6, 6.07) is -1.55. The Hall–Kier alpha value is -2.56. The largest absolute Gasteiger partial charge is 0.480 e. The van der Waals surface area contributed by atoms with Gasteiger partial charge in [-0.15, -0.1) is 0 Å². The Morgan fingerprint density at radius 2 is 1.08 bits per heavy atom. The topological polar surface area (TPSA) is 169 Å². The van der Waals surface area contributed by atoms with Crippen molar-refractivity contribution in [3.05, 3.63) is 48.6 Å². The predicted molar refractivity (Wildman–Crippen MR) is 208 cm³/mol. The van der Waals surface area contributed by atoms with Gasteiger partial charge in [-0.05, 0) is 51.4 Å². The Morgan fingerprint density at radius 1 is 0.615 bits per heavy atom. The molecule has 0 aliphatic carbocycles. The van der Waals surface area contributed by atoms with Crippen LogP contribution in [-0.4, -0.2) is 64.9 Å². The highest BCUT2D eigenvalue weighted by atomic mass is 31.2. The number of carboxylic acid groups (broad SMARTS) is 1. The average molecular weight is 756 g/mol. The lowest BCUT2D eigenvalue weighted by Crippen LogP contribution is -2.43. The molecular formula is C40H70NO10P. The second kappa shape index (κ2) is 35.5. The van der Waals surface area contributed by atoms with E-state index < -0.39 is 57.6 Å². The van der Waals surface area contributed by atoms with Crippen LogP contribution >= 0.6 is 7.82 Å².